The standard InChI is InChI=1S/C16H18O2/c1-3-11-9-13(17)5-7-15(11)16-8-6-14(18)10-12(16)4-2/h5-10,17-18H,3-4H2,1-2H3. The van der Waals surface area contributed by atoms with Crippen molar-refractivity contribution in [1.29, 1.82) is 0 Å². The summed E-state index contributed by atoms with van der Waals surface area (Å²) in [6.45, 7) is 4.15. The van der Waals surface area contributed by atoms with Crippen molar-refractivity contribution in [3.63, 3.8) is 0 Å². The third kappa shape index (κ3) is 2.33. The van der Waals surface area contributed by atoms with E-state index >= 15 is 0 Å². The second kappa shape index (κ2) is 5.13. The summed E-state index contributed by atoms with van der Waals surface area (Å²) in [7, 11) is 0. The molecule has 0 aliphatic carbocycles. The van der Waals surface area contributed by atoms with Crippen LogP contribution in [0, 0.1) is 0 Å². The van der Waals surface area contributed by atoms with Gasteiger partial charge in [-0.05, 0) is 59.4 Å². The van der Waals surface area contributed by atoms with Gasteiger partial charge in [-0.2, -0.15) is 0 Å². The maximum absolute atomic E-state index is 9.55. The molecule has 0 aromatic heterocycles. The molecule has 0 aliphatic heterocycles. The topological polar surface area (TPSA) is 40.5 Å². The van der Waals surface area contributed by atoms with Gasteiger partial charge >= 0.3 is 0 Å². The number of hydrogen-bond acceptors (Lipinski definition) is 2. The predicted molar refractivity (Wildman–Crippen MR) is 74.0 cm³/mol. The molecule has 0 saturated carbocycles. The Kier molecular flexibility index (Phi) is 3.56. The molecule has 2 aromatic rings. The van der Waals surface area contributed by atoms with Crippen molar-refractivity contribution in [2.75, 3.05) is 0 Å². The second-order valence-electron chi connectivity index (χ2n) is 4.39. The molecule has 0 aliphatic rings. The third-order valence-electron chi connectivity index (χ3n) is 3.23. The van der Waals surface area contributed by atoms with Gasteiger partial charge in [-0.15, -0.1) is 0 Å². The molecule has 0 unspecified atom stereocenters. The summed E-state index contributed by atoms with van der Waals surface area (Å²) in [6.07, 6.45) is 1.74. The Morgan fingerprint density at radius 1 is 0.722 bits per heavy atom. The van der Waals surface area contributed by atoms with Crippen LogP contribution in [-0.4, -0.2) is 10.2 Å². The van der Waals surface area contributed by atoms with Crippen LogP contribution < -0.4 is 0 Å². The number of rotatable bonds is 3. The number of aromatic hydroxyl groups is 2. The van der Waals surface area contributed by atoms with Gasteiger partial charge in [-0.25, -0.2) is 0 Å². The molecule has 2 aromatic carbocycles. The minimum absolute atomic E-state index is 0.299. The van der Waals surface area contributed by atoms with E-state index in [-0.39, 0.29) is 0 Å². The van der Waals surface area contributed by atoms with Crippen LogP contribution in [0.3, 0.4) is 0 Å². The van der Waals surface area contributed by atoms with Crippen LogP contribution in [0.5, 0.6) is 11.5 Å². The van der Waals surface area contributed by atoms with Gasteiger partial charge in [0.2, 0.25) is 0 Å². The van der Waals surface area contributed by atoms with Crippen molar-refractivity contribution >= 4 is 0 Å². The highest BCUT2D eigenvalue weighted by Gasteiger charge is 2.09. The summed E-state index contributed by atoms with van der Waals surface area (Å²) in [6, 6.07) is 10.9. The van der Waals surface area contributed by atoms with E-state index in [0.29, 0.717) is 11.5 Å². The molecule has 2 heteroatoms. The molecule has 94 valence electrons. The van der Waals surface area contributed by atoms with E-state index in [1.807, 2.05) is 24.3 Å². The fourth-order valence-corrected chi connectivity index (χ4v) is 2.27. The highest BCUT2D eigenvalue weighted by atomic mass is 16.3. The molecule has 0 fully saturated rings. The molecule has 0 amide bonds. The molecule has 0 spiro atoms. The SMILES string of the molecule is CCc1cc(O)ccc1-c1ccc(O)cc1CC. The van der Waals surface area contributed by atoms with Crippen molar-refractivity contribution in [1.82, 2.24) is 0 Å². The van der Waals surface area contributed by atoms with Crippen LogP contribution in [0.2, 0.25) is 0 Å². The first-order chi connectivity index (χ1) is 8.65. The van der Waals surface area contributed by atoms with E-state index in [9.17, 15) is 10.2 Å². The molecule has 0 heterocycles. The quantitative estimate of drug-likeness (QED) is 0.857. The maximum Gasteiger partial charge on any atom is 0.115 e. The molecular formula is C16H18O2. The molecule has 0 saturated heterocycles. The number of hydrogen-bond donors (Lipinski definition) is 2. The van der Waals surface area contributed by atoms with Gasteiger partial charge in [0, 0.05) is 0 Å². The minimum atomic E-state index is 0.299. The highest BCUT2D eigenvalue weighted by Crippen LogP contribution is 2.32. The summed E-state index contributed by atoms with van der Waals surface area (Å²) < 4.78 is 0. The van der Waals surface area contributed by atoms with Crippen LogP contribution in [0.25, 0.3) is 11.1 Å². The number of phenols is 2. The third-order valence-corrected chi connectivity index (χ3v) is 3.23. The van der Waals surface area contributed by atoms with E-state index in [2.05, 4.69) is 13.8 Å². The molecule has 0 bridgehead atoms. The average molecular weight is 242 g/mol. The average Bonchev–Trinajstić information content (AvgIpc) is 2.38. The first kappa shape index (κ1) is 12.5. The van der Waals surface area contributed by atoms with E-state index < -0.39 is 0 Å². The van der Waals surface area contributed by atoms with Gasteiger partial charge in [0.05, 0.1) is 0 Å². The lowest BCUT2D eigenvalue weighted by atomic mass is 9.93. The molecule has 2 N–H and O–H groups in total. The largest absolute Gasteiger partial charge is 0.508 e. The van der Waals surface area contributed by atoms with Crippen LogP contribution >= 0.6 is 0 Å². The van der Waals surface area contributed by atoms with Crippen LogP contribution in [-0.2, 0) is 12.8 Å². The van der Waals surface area contributed by atoms with Gasteiger partial charge in [0.25, 0.3) is 0 Å². The van der Waals surface area contributed by atoms with E-state index in [1.54, 1.807) is 12.1 Å². The Morgan fingerprint density at radius 2 is 1.11 bits per heavy atom. The number of benzene rings is 2. The lowest BCUT2D eigenvalue weighted by molar-refractivity contribution is 0.474. The molecule has 2 nitrogen and oxygen atoms in total. The van der Waals surface area contributed by atoms with Crippen molar-refractivity contribution in [3.8, 4) is 22.6 Å². The second-order valence-corrected chi connectivity index (χ2v) is 4.39. The smallest absolute Gasteiger partial charge is 0.115 e. The fraction of sp³-hybridized carbons (Fsp3) is 0.250. The molecule has 2 rings (SSSR count). The van der Waals surface area contributed by atoms with Crippen molar-refractivity contribution < 1.29 is 10.2 Å². The zero-order valence-electron chi connectivity index (χ0n) is 10.8. The normalized spacial score (nSPS) is 10.6. The fourth-order valence-electron chi connectivity index (χ4n) is 2.27. The maximum atomic E-state index is 9.55. The molecule has 18 heavy (non-hydrogen) atoms. The lowest BCUT2D eigenvalue weighted by Gasteiger charge is -2.13. The van der Waals surface area contributed by atoms with Gasteiger partial charge in [0.1, 0.15) is 11.5 Å². The zero-order chi connectivity index (χ0) is 13.1. The summed E-state index contributed by atoms with van der Waals surface area (Å²) in [4.78, 5) is 0. The van der Waals surface area contributed by atoms with Crippen LogP contribution in [0.1, 0.15) is 25.0 Å². The van der Waals surface area contributed by atoms with Gasteiger partial charge in [-0.3, -0.25) is 0 Å². The molecule has 0 atom stereocenters. The number of aryl methyl sites for hydroxylation is 2. The first-order valence-electron chi connectivity index (χ1n) is 6.29. The van der Waals surface area contributed by atoms with Gasteiger partial charge in [-0.1, -0.05) is 26.0 Å². The van der Waals surface area contributed by atoms with Crippen LogP contribution in [0.4, 0.5) is 0 Å². The number of phenolic OH excluding ortho intramolecular Hbond substituents is 2. The van der Waals surface area contributed by atoms with Crippen molar-refractivity contribution in [2.24, 2.45) is 0 Å². The summed E-state index contributed by atoms with van der Waals surface area (Å²) >= 11 is 0. The Bertz CT molecular complexity index is 508. The van der Waals surface area contributed by atoms with Gasteiger partial charge in [0.15, 0.2) is 0 Å². The summed E-state index contributed by atoms with van der Waals surface area (Å²) in [5.74, 6) is 0.597. The molecular weight excluding hydrogens is 224 g/mol. The summed E-state index contributed by atoms with van der Waals surface area (Å²) in [5, 5.41) is 19.1. The Balaban J connectivity index is 2.61. The Hall–Kier alpha value is -1.96. The van der Waals surface area contributed by atoms with Crippen molar-refractivity contribution in [3.05, 3.63) is 47.5 Å². The Morgan fingerprint density at radius 3 is 1.44 bits per heavy atom. The van der Waals surface area contributed by atoms with E-state index in [0.717, 1.165) is 35.1 Å². The monoisotopic (exact) mass is 242 g/mol. The van der Waals surface area contributed by atoms with Crippen molar-refractivity contribution in [2.45, 2.75) is 26.7 Å². The lowest BCUT2D eigenvalue weighted by Crippen LogP contribution is -1.92. The van der Waals surface area contributed by atoms with E-state index in [1.165, 1.54) is 0 Å². The predicted octanol–water partition coefficient (Wildman–Crippen LogP) is 3.89. The minimum Gasteiger partial charge on any atom is -0.508 e. The highest BCUT2D eigenvalue weighted by molar-refractivity contribution is 5.72. The molecule has 0 radical (unpaired) electrons. The zero-order valence-corrected chi connectivity index (χ0v) is 10.8. The van der Waals surface area contributed by atoms with E-state index in [4.69, 9.17) is 0 Å². The van der Waals surface area contributed by atoms with Gasteiger partial charge < -0.3 is 10.2 Å². The van der Waals surface area contributed by atoms with Crippen LogP contribution in [0.15, 0.2) is 36.4 Å². The Labute approximate surface area is 108 Å². The summed E-state index contributed by atoms with van der Waals surface area (Å²) in [5.41, 5.74) is 4.50. The first-order valence-corrected chi connectivity index (χ1v) is 6.29.